The molecule has 1 aliphatic heterocycles. The van der Waals surface area contributed by atoms with Gasteiger partial charge < -0.3 is 9.47 Å². The maximum Gasteiger partial charge on any atom is 0.411 e. The molecule has 1 saturated heterocycles. The monoisotopic (exact) mass is 338 g/mol. The largest absolute Gasteiger partial charge is 0.449 e. The van der Waals surface area contributed by atoms with E-state index in [-0.39, 0.29) is 11.9 Å². The Morgan fingerprint density at radius 3 is 3.04 bits per heavy atom. The highest BCUT2D eigenvalue weighted by Crippen LogP contribution is 2.18. The molecule has 1 fully saturated rings. The van der Waals surface area contributed by atoms with Gasteiger partial charge in [-0.25, -0.2) is 19.9 Å². The Labute approximate surface area is 138 Å². The molecule has 1 atom stereocenters. The quantitative estimate of drug-likeness (QED) is 0.243. The van der Waals surface area contributed by atoms with Crippen molar-refractivity contribution in [2.75, 3.05) is 25.1 Å². The first-order valence-corrected chi connectivity index (χ1v) is 7.36. The van der Waals surface area contributed by atoms with E-state index in [4.69, 9.17) is 15.2 Å². The molecule has 0 spiro atoms. The van der Waals surface area contributed by atoms with Crippen molar-refractivity contribution in [3.8, 4) is 0 Å². The number of anilines is 1. The summed E-state index contributed by atoms with van der Waals surface area (Å²) >= 11 is 0. The molecule has 2 rings (SSSR count). The van der Waals surface area contributed by atoms with Gasteiger partial charge in [0, 0.05) is 24.0 Å². The van der Waals surface area contributed by atoms with E-state index in [0.717, 1.165) is 12.0 Å². The van der Waals surface area contributed by atoms with Crippen LogP contribution in [0, 0.1) is 23.0 Å². The molecule has 0 aromatic heterocycles. The number of nitro groups is 1. The zero-order valence-electron chi connectivity index (χ0n) is 13.2. The first-order chi connectivity index (χ1) is 11.4. The third kappa shape index (κ3) is 5.39. The molecule has 1 amide bonds. The van der Waals surface area contributed by atoms with E-state index in [0.29, 0.717) is 31.2 Å². The number of hydrogen-bond donors (Lipinski definition) is 4. The second-order valence-corrected chi connectivity index (χ2v) is 5.39. The second kappa shape index (κ2) is 8.11. The number of nitrogens with two attached hydrogens (primary N) is 1. The minimum absolute atomic E-state index is 0.229. The number of rotatable bonds is 5. The van der Waals surface area contributed by atoms with Crippen LogP contribution in [0.1, 0.15) is 12.0 Å². The zero-order chi connectivity index (χ0) is 17.5. The fourth-order valence-corrected chi connectivity index (χ4v) is 2.17. The van der Waals surface area contributed by atoms with E-state index in [9.17, 15) is 14.9 Å². The Hall–Kier alpha value is -2.88. The number of amides is 1. The number of hydrazine groups is 1. The summed E-state index contributed by atoms with van der Waals surface area (Å²) in [6.45, 7) is 3.41. The van der Waals surface area contributed by atoms with Crippen LogP contribution < -0.4 is 21.5 Å². The maximum atomic E-state index is 11.9. The molecule has 10 nitrogen and oxygen atoms in total. The molecule has 0 bridgehead atoms. The topological polar surface area (TPSA) is 143 Å². The van der Waals surface area contributed by atoms with Crippen LogP contribution in [0.15, 0.2) is 18.2 Å². The summed E-state index contributed by atoms with van der Waals surface area (Å²) in [5.41, 5.74) is 9.04. The number of aryl methyl sites for hydroxylation is 1. The summed E-state index contributed by atoms with van der Waals surface area (Å²) in [5.74, 6) is -0.00828. The van der Waals surface area contributed by atoms with Gasteiger partial charge in [-0.1, -0.05) is 6.07 Å². The third-order valence-electron chi connectivity index (χ3n) is 3.44. The van der Waals surface area contributed by atoms with Crippen LogP contribution in [-0.2, 0) is 9.47 Å². The number of hydrogen-bond acceptors (Lipinski definition) is 5. The maximum absolute atomic E-state index is 11.9. The highest BCUT2D eigenvalue weighted by Gasteiger charge is 2.18. The minimum Gasteiger partial charge on any atom is -0.449 e. The molecule has 10 heteroatoms. The Morgan fingerprint density at radius 2 is 2.38 bits per heavy atom. The molecule has 1 unspecified atom stereocenters. The zero-order valence-corrected chi connectivity index (χ0v) is 13.2. The Balaban J connectivity index is 1.97. The normalized spacial score (nSPS) is 17.4. The van der Waals surface area contributed by atoms with Crippen molar-refractivity contribution in [1.29, 1.82) is 0 Å². The highest BCUT2D eigenvalue weighted by molar-refractivity contribution is 5.86. The summed E-state index contributed by atoms with van der Waals surface area (Å²) in [4.78, 5) is 24.8. The highest BCUT2D eigenvalue weighted by atomic mass is 16.7. The average Bonchev–Trinajstić information content (AvgIpc) is 3.01. The molecule has 130 valence electrons. The van der Waals surface area contributed by atoms with Gasteiger partial charge in [0.1, 0.15) is 5.69 Å². The molecule has 1 aromatic rings. The van der Waals surface area contributed by atoms with Crippen molar-refractivity contribution in [2.45, 2.75) is 13.3 Å². The van der Waals surface area contributed by atoms with Gasteiger partial charge in [0.25, 0.3) is 0 Å². The summed E-state index contributed by atoms with van der Waals surface area (Å²) in [6.07, 6.45) is 0.312. The number of carbonyl (C=O) groups is 1. The predicted octanol–water partition coefficient (Wildman–Crippen LogP) is -0.612. The first kappa shape index (κ1) is 17.5. The van der Waals surface area contributed by atoms with Crippen molar-refractivity contribution >= 4 is 23.4 Å². The van der Waals surface area contributed by atoms with Gasteiger partial charge in [0.05, 0.1) is 18.9 Å². The number of guanidine groups is 1. The molecular weight excluding hydrogens is 318 g/mol. The van der Waals surface area contributed by atoms with Gasteiger partial charge in [0.2, 0.25) is 5.03 Å². The van der Waals surface area contributed by atoms with E-state index >= 15 is 0 Å². The van der Waals surface area contributed by atoms with Gasteiger partial charge in [-0.15, -0.1) is 0 Å². The van der Waals surface area contributed by atoms with Crippen LogP contribution in [0.5, 0.6) is 0 Å². The van der Waals surface area contributed by atoms with Crippen molar-refractivity contribution in [2.24, 2.45) is 11.7 Å². The van der Waals surface area contributed by atoms with E-state index in [1.165, 1.54) is 0 Å². The molecule has 0 saturated carbocycles. The Kier molecular flexibility index (Phi) is 5.90. The van der Waals surface area contributed by atoms with E-state index < -0.39 is 11.1 Å². The van der Waals surface area contributed by atoms with E-state index in [1.807, 2.05) is 6.92 Å². The number of carbonyl (C=O) groups excluding carboxylic acids is 1. The fourth-order valence-electron chi connectivity index (χ4n) is 2.17. The summed E-state index contributed by atoms with van der Waals surface area (Å²) in [7, 11) is 0. The van der Waals surface area contributed by atoms with Gasteiger partial charge >= 0.3 is 12.1 Å². The van der Waals surface area contributed by atoms with Crippen LogP contribution >= 0.6 is 0 Å². The summed E-state index contributed by atoms with van der Waals surface area (Å²) in [6, 6.07) is 5.02. The lowest BCUT2D eigenvalue weighted by Gasteiger charge is -2.11. The number of ether oxygens (including phenoxy) is 2. The molecule has 1 aliphatic rings. The summed E-state index contributed by atoms with van der Waals surface area (Å²) in [5, 5.41) is 12.2. The average molecular weight is 338 g/mol. The van der Waals surface area contributed by atoms with Crippen LogP contribution in [-0.4, -0.2) is 36.9 Å². The Bertz CT molecular complexity index is 642. The lowest BCUT2D eigenvalue weighted by atomic mass is 10.1. The number of nitrogens with one attached hydrogen (secondary N) is 3. The lowest BCUT2D eigenvalue weighted by molar-refractivity contribution is -0.536. The van der Waals surface area contributed by atoms with Gasteiger partial charge in [-0.05, 0) is 25.0 Å². The fraction of sp³-hybridized carbons (Fsp3) is 0.429. The molecule has 5 N–H and O–H groups in total. The molecule has 0 aliphatic carbocycles. The van der Waals surface area contributed by atoms with Crippen molar-refractivity contribution in [3.05, 3.63) is 33.9 Å². The molecule has 24 heavy (non-hydrogen) atoms. The lowest BCUT2D eigenvalue weighted by Crippen LogP contribution is -2.74. The molecule has 1 aromatic carbocycles. The van der Waals surface area contributed by atoms with Crippen LogP contribution in [0.4, 0.5) is 16.2 Å². The number of benzene rings is 1. The molecule has 1 heterocycles. The second-order valence-electron chi connectivity index (χ2n) is 5.39. The Morgan fingerprint density at radius 1 is 1.58 bits per heavy atom. The van der Waals surface area contributed by atoms with Gasteiger partial charge in [0.15, 0.2) is 0 Å². The van der Waals surface area contributed by atoms with Crippen molar-refractivity contribution < 1.29 is 24.3 Å². The summed E-state index contributed by atoms with van der Waals surface area (Å²) < 4.78 is 10.4. The van der Waals surface area contributed by atoms with Crippen molar-refractivity contribution in [1.82, 2.24) is 5.43 Å². The number of nitrogens with zero attached hydrogens (tertiary/aromatic N) is 1. The van der Waals surface area contributed by atoms with E-state index in [1.54, 1.807) is 23.6 Å². The molecular formula is C14H20N5O5+. The van der Waals surface area contributed by atoms with Crippen LogP contribution in [0.25, 0.3) is 0 Å². The van der Waals surface area contributed by atoms with E-state index in [2.05, 4.69) is 10.3 Å². The minimum atomic E-state index is -0.778. The third-order valence-corrected chi connectivity index (χ3v) is 3.44. The standard InChI is InChI=1S/C14H19N5O5/c1-9-2-3-11(16-13(15)18-19(21)22)6-12(9)17-14(20)24-8-10-4-5-23-7-10/h2-3,6,10H,4-5,7-8H2,1H3,(H,17,20)(H3,15,16,18)/p+1. The van der Waals surface area contributed by atoms with Gasteiger partial charge in [-0.3, -0.25) is 11.1 Å². The smallest absolute Gasteiger partial charge is 0.411 e. The van der Waals surface area contributed by atoms with Crippen LogP contribution in [0.3, 0.4) is 0 Å². The molecule has 0 radical (unpaired) electrons. The SMILES string of the molecule is Cc1ccc([NH+]=C(N)N[N+](=O)[O-])cc1NC(=O)OCC1CCOC1. The first-order valence-electron chi connectivity index (χ1n) is 7.36. The van der Waals surface area contributed by atoms with Crippen LogP contribution in [0.2, 0.25) is 0 Å². The van der Waals surface area contributed by atoms with Crippen molar-refractivity contribution in [3.63, 3.8) is 0 Å². The van der Waals surface area contributed by atoms with Gasteiger partial charge in [-0.2, -0.15) is 0 Å². The predicted molar refractivity (Wildman–Crippen MR) is 85.0 cm³/mol.